The van der Waals surface area contributed by atoms with Crippen LogP contribution in [-0.2, 0) is 0 Å². The molecule has 0 aliphatic rings. The maximum absolute atomic E-state index is 13.4. The minimum absolute atomic E-state index is 0.0176. The van der Waals surface area contributed by atoms with Crippen LogP contribution in [-0.4, -0.2) is 61.9 Å². The molecule has 0 saturated heterocycles. The lowest BCUT2D eigenvalue weighted by molar-refractivity contribution is 0.0678. The average molecular weight is 834 g/mol. The number of nitrogens with one attached hydrogen (secondary N) is 3. The Balaban J connectivity index is 0.972. The highest BCUT2D eigenvalue weighted by Crippen LogP contribution is 2.34. The number of carbonyl (C=O) groups excluding carboxylic acids is 6. The van der Waals surface area contributed by atoms with E-state index in [1.54, 1.807) is 121 Å². The second-order valence-electron chi connectivity index (χ2n) is 13.6. The topological polar surface area (TPSA) is 175 Å². The smallest absolute Gasteiger partial charge is 0.343 e. The number of benzene rings is 6. The molecule has 0 saturated carbocycles. The molecule has 0 heterocycles. The van der Waals surface area contributed by atoms with Crippen molar-refractivity contribution in [3.05, 3.63) is 191 Å². The molecule has 0 aliphatic heterocycles. The molecular weight excluding hydrogens is 791 g/mol. The molecule has 6 aromatic rings. The van der Waals surface area contributed by atoms with Gasteiger partial charge in [-0.15, -0.1) is 0 Å². The van der Waals surface area contributed by atoms with Crippen LogP contribution in [0.5, 0.6) is 23.0 Å². The van der Waals surface area contributed by atoms with Crippen LogP contribution in [0.25, 0.3) is 0 Å². The zero-order valence-electron chi connectivity index (χ0n) is 33.5. The maximum atomic E-state index is 13.4. The number of hydrogen-bond acceptors (Lipinski definition) is 11. The lowest BCUT2D eigenvalue weighted by Crippen LogP contribution is -2.29. The van der Waals surface area contributed by atoms with Crippen molar-refractivity contribution < 1.29 is 47.7 Å². The summed E-state index contributed by atoms with van der Waals surface area (Å²) in [7, 11) is 0. The molecule has 6 aromatic carbocycles. The van der Waals surface area contributed by atoms with Gasteiger partial charge in [-0.2, -0.15) is 0 Å². The van der Waals surface area contributed by atoms with E-state index in [9.17, 15) is 28.8 Å². The SMILES string of the molecule is O=C(Oc1cccc(C(=O)NCCCCNCCCNC(=O)c2cccc(OC(=O)c3ccccc3)c2OC(=O)c2ccccc2)c1OC(=O)c1ccccc1)c1ccccc1. The minimum Gasteiger partial charge on any atom is -0.419 e. The van der Waals surface area contributed by atoms with Gasteiger partial charge in [-0.3, -0.25) is 9.59 Å². The van der Waals surface area contributed by atoms with Gasteiger partial charge in [0.1, 0.15) is 0 Å². The van der Waals surface area contributed by atoms with Gasteiger partial charge in [-0.25, -0.2) is 19.2 Å². The average Bonchev–Trinajstić information content (AvgIpc) is 3.31. The van der Waals surface area contributed by atoms with Gasteiger partial charge in [0.2, 0.25) is 0 Å². The number of rotatable bonds is 19. The first-order valence-electron chi connectivity index (χ1n) is 19.9. The number of hydrogen-bond donors (Lipinski definition) is 3. The highest BCUT2D eigenvalue weighted by Gasteiger charge is 2.25. The molecule has 13 heteroatoms. The predicted octanol–water partition coefficient (Wildman–Crippen LogP) is 7.48. The standard InChI is InChI=1S/C49H43N3O10/c53-44(38-26-15-28-40(59-46(55)34-18-5-1-6-19-34)42(38)61-48(57)36-22-9-3-10-23-36)51-32-14-13-30-50-31-17-33-52-45(54)39-27-16-29-41(60-47(56)35-20-7-2-8-21-35)43(39)62-49(58)37-24-11-4-12-25-37/h1-12,15-16,18-29,50H,13-14,17,30-33H2,(H,51,53)(H,52,54). The summed E-state index contributed by atoms with van der Waals surface area (Å²) >= 11 is 0. The van der Waals surface area contributed by atoms with Crippen LogP contribution in [0.2, 0.25) is 0 Å². The predicted molar refractivity (Wildman–Crippen MR) is 230 cm³/mol. The van der Waals surface area contributed by atoms with Crippen molar-refractivity contribution >= 4 is 35.7 Å². The largest absolute Gasteiger partial charge is 0.419 e. The van der Waals surface area contributed by atoms with E-state index < -0.39 is 35.7 Å². The van der Waals surface area contributed by atoms with Crippen molar-refractivity contribution in [2.45, 2.75) is 19.3 Å². The number of unbranched alkanes of at least 4 members (excludes halogenated alkanes) is 1. The third-order valence-corrected chi connectivity index (χ3v) is 9.16. The Hall–Kier alpha value is -7.90. The van der Waals surface area contributed by atoms with Crippen LogP contribution < -0.4 is 34.9 Å². The first kappa shape index (κ1) is 43.7. The van der Waals surface area contributed by atoms with Crippen molar-refractivity contribution in [3.8, 4) is 23.0 Å². The summed E-state index contributed by atoms with van der Waals surface area (Å²) in [6.07, 6.45) is 1.90. The number of amides is 2. The molecule has 0 aliphatic carbocycles. The monoisotopic (exact) mass is 833 g/mol. The molecule has 62 heavy (non-hydrogen) atoms. The summed E-state index contributed by atoms with van der Waals surface area (Å²) < 4.78 is 22.5. The van der Waals surface area contributed by atoms with E-state index in [0.29, 0.717) is 45.4 Å². The van der Waals surface area contributed by atoms with Crippen LogP contribution in [0.1, 0.15) is 81.4 Å². The minimum atomic E-state index is -0.725. The molecule has 2 amide bonds. The Morgan fingerprint density at radius 2 is 0.661 bits per heavy atom. The Labute approximate surface area is 358 Å². The Kier molecular flexibility index (Phi) is 15.8. The van der Waals surface area contributed by atoms with Gasteiger partial charge in [0, 0.05) is 13.1 Å². The second-order valence-corrected chi connectivity index (χ2v) is 13.6. The molecule has 0 unspecified atom stereocenters. The zero-order chi connectivity index (χ0) is 43.5. The summed E-state index contributed by atoms with van der Waals surface area (Å²) in [5, 5.41) is 8.99. The first-order chi connectivity index (χ1) is 30.3. The number of carbonyl (C=O) groups is 6. The Morgan fingerprint density at radius 1 is 0.339 bits per heavy atom. The van der Waals surface area contributed by atoms with E-state index >= 15 is 0 Å². The van der Waals surface area contributed by atoms with Gasteiger partial charge in [0.15, 0.2) is 23.0 Å². The molecule has 0 fully saturated rings. The quantitative estimate of drug-likeness (QED) is 0.0419. The van der Waals surface area contributed by atoms with Gasteiger partial charge in [-0.1, -0.05) is 84.9 Å². The Morgan fingerprint density at radius 3 is 1.05 bits per heavy atom. The fourth-order valence-corrected chi connectivity index (χ4v) is 5.99. The molecule has 0 bridgehead atoms. The van der Waals surface area contributed by atoms with Gasteiger partial charge in [-0.05, 0) is 105 Å². The lowest BCUT2D eigenvalue weighted by atomic mass is 10.1. The summed E-state index contributed by atoms with van der Waals surface area (Å²) in [6.45, 7) is 1.80. The fourth-order valence-electron chi connectivity index (χ4n) is 5.99. The highest BCUT2D eigenvalue weighted by molar-refractivity contribution is 6.02. The first-order valence-corrected chi connectivity index (χ1v) is 19.9. The van der Waals surface area contributed by atoms with Crippen LogP contribution in [0.15, 0.2) is 158 Å². The molecule has 314 valence electrons. The van der Waals surface area contributed by atoms with Gasteiger partial charge in [0.25, 0.3) is 11.8 Å². The van der Waals surface area contributed by atoms with E-state index in [2.05, 4.69) is 16.0 Å². The van der Waals surface area contributed by atoms with Crippen LogP contribution in [0, 0.1) is 0 Å². The zero-order valence-corrected chi connectivity index (χ0v) is 33.5. The summed E-state index contributed by atoms with van der Waals surface area (Å²) in [6, 6.07) is 42.1. The van der Waals surface area contributed by atoms with E-state index in [4.69, 9.17) is 18.9 Å². The van der Waals surface area contributed by atoms with E-state index in [-0.39, 0.29) is 56.4 Å². The molecule has 0 atom stereocenters. The normalized spacial score (nSPS) is 10.5. The van der Waals surface area contributed by atoms with E-state index in [1.165, 1.54) is 36.4 Å². The number of esters is 4. The third-order valence-electron chi connectivity index (χ3n) is 9.16. The Bertz CT molecular complexity index is 2310. The van der Waals surface area contributed by atoms with Gasteiger partial charge >= 0.3 is 23.9 Å². The molecule has 0 aromatic heterocycles. The van der Waals surface area contributed by atoms with E-state index in [1.807, 2.05) is 0 Å². The number of para-hydroxylation sites is 2. The fraction of sp³-hybridized carbons (Fsp3) is 0.143. The van der Waals surface area contributed by atoms with Crippen molar-refractivity contribution in [3.63, 3.8) is 0 Å². The highest BCUT2D eigenvalue weighted by atomic mass is 16.6. The van der Waals surface area contributed by atoms with Gasteiger partial charge in [0.05, 0.1) is 33.4 Å². The van der Waals surface area contributed by atoms with Crippen molar-refractivity contribution in [2.75, 3.05) is 26.2 Å². The number of ether oxygens (including phenoxy) is 4. The second kappa shape index (κ2) is 22.5. The van der Waals surface area contributed by atoms with Crippen LogP contribution in [0.4, 0.5) is 0 Å². The summed E-state index contributed by atoms with van der Waals surface area (Å²) in [5.41, 5.74) is 1.11. The molecule has 13 nitrogen and oxygen atoms in total. The summed E-state index contributed by atoms with van der Waals surface area (Å²) in [5.74, 6) is -4.38. The summed E-state index contributed by atoms with van der Waals surface area (Å²) in [4.78, 5) is 78.6. The van der Waals surface area contributed by atoms with Crippen molar-refractivity contribution in [2.24, 2.45) is 0 Å². The van der Waals surface area contributed by atoms with E-state index in [0.717, 1.165) is 0 Å². The molecule has 0 spiro atoms. The molecule has 3 N–H and O–H groups in total. The van der Waals surface area contributed by atoms with Crippen LogP contribution >= 0.6 is 0 Å². The van der Waals surface area contributed by atoms with Crippen LogP contribution in [0.3, 0.4) is 0 Å². The maximum Gasteiger partial charge on any atom is 0.343 e. The third kappa shape index (κ3) is 12.3. The molecule has 6 rings (SSSR count). The van der Waals surface area contributed by atoms with Gasteiger partial charge < -0.3 is 34.9 Å². The lowest BCUT2D eigenvalue weighted by Gasteiger charge is -2.15. The van der Waals surface area contributed by atoms with Crippen molar-refractivity contribution in [1.82, 2.24) is 16.0 Å². The molecule has 0 radical (unpaired) electrons. The molecular formula is C49H43N3O10. The van der Waals surface area contributed by atoms with Crippen molar-refractivity contribution in [1.29, 1.82) is 0 Å².